The van der Waals surface area contributed by atoms with Gasteiger partial charge in [0.05, 0.1) is 23.5 Å². The normalized spacial score (nSPS) is 10.8. The number of halogens is 3. The van der Waals surface area contributed by atoms with Crippen molar-refractivity contribution in [3.8, 4) is 11.4 Å². The highest BCUT2D eigenvalue weighted by atomic mass is 19.1. The van der Waals surface area contributed by atoms with E-state index in [1.54, 1.807) is 20.9 Å². The molecule has 0 bridgehead atoms. The van der Waals surface area contributed by atoms with Crippen LogP contribution in [-0.2, 0) is 0 Å². The van der Waals surface area contributed by atoms with Crippen molar-refractivity contribution < 1.29 is 22.7 Å². The minimum Gasteiger partial charge on any atom is -0.492 e. The van der Waals surface area contributed by atoms with Crippen LogP contribution in [0.1, 0.15) is 21.7 Å². The molecule has 1 amide bonds. The number of hydrogen-bond acceptors (Lipinski definition) is 3. The molecule has 0 aliphatic carbocycles. The summed E-state index contributed by atoms with van der Waals surface area (Å²) in [5.74, 6) is -1.61. The van der Waals surface area contributed by atoms with Gasteiger partial charge in [-0.1, -0.05) is 0 Å². The molecule has 0 fully saturated rings. The van der Waals surface area contributed by atoms with E-state index in [1.165, 1.54) is 39.9 Å². The first-order valence-corrected chi connectivity index (χ1v) is 8.93. The number of likely N-dealkylation sites (N-methyl/N-ethyl adjacent to an activating group) is 1. The number of hydrogen-bond donors (Lipinski definition) is 0. The Morgan fingerprint density at radius 3 is 2.38 bits per heavy atom. The molecule has 1 aromatic heterocycles. The second-order valence-electron chi connectivity index (χ2n) is 6.58. The van der Waals surface area contributed by atoms with Crippen LogP contribution in [0.2, 0.25) is 0 Å². The predicted octanol–water partition coefficient (Wildman–Crippen LogP) is 4.06. The van der Waals surface area contributed by atoms with Crippen LogP contribution in [0.25, 0.3) is 5.69 Å². The van der Waals surface area contributed by atoms with Gasteiger partial charge in [-0.2, -0.15) is 5.10 Å². The van der Waals surface area contributed by atoms with Crippen molar-refractivity contribution in [2.24, 2.45) is 0 Å². The molecule has 2 aromatic carbocycles. The lowest BCUT2D eigenvalue weighted by Crippen LogP contribution is -2.31. The van der Waals surface area contributed by atoms with Gasteiger partial charge in [-0.25, -0.2) is 17.9 Å². The highest BCUT2D eigenvalue weighted by molar-refractivity contribution is 5.96. The summed E-state index contributed by atoms with van der Waals surface area (Å²) in [7, 11) is 1.62. The van der Waals surface area contributed by atoms with Crippen molar-refractivity contribution in [3.05, 3.63) is 76.9 Å². The number of aromatic nitrogens is 2. The molecule has 0 aliphatic rings. The average Bonchev–Trinajstić information content (AvgIpc) is 2.96. The summed E-state index contributed by atoms with van der Waals surface area (Å²) in [5, 5.41) is 4.25. The number of ether oxygens (including phenoxy) is 1. The Labute approximate surface area is 166 Å². The lowest BCUT2D eigenvalue weighted by atomic mass is 10.1. The smallest absolute Gasteiger partial charge is 0.257 e. The maximum absolute atomic E-state index is 14.1. The highest BCUT2D eigenvalue weighted by Gasteiger charge is 2.23. The van der Waals surface area contributed by atoms with E-state index < -0.39 is 11.6 Å². The van der Waals surface area contributed by atoms with Crippen LogP contribution >= 0.6 is 0 Å². The zero-order chi connectivity index (χ0) is 21.1. The number of amides is 1. The molecule has 0 atom stereocenters. The summed E-state index contributed by atoms with van der Waals surface area (Å²) in [6.45, 7) is 3.80. The fraction of sp³-hybridized carbons (Fsp3) is 0.238. The maximum atomic E-state index is 14.1. The second-order valence-corrected chi connectivity index (χ2v) is 6.58. The van der Waals surface area contributed by atoms with Crippen LogP contribution in [0.5, 0.6) is 5.75 Å². The summed E-state index contributed by atoms with van der Waals surface area (Å²) in [4.78, 5) is 14.3. The molecular formula is C21H20F3N3O2. The van der Waals surface area contributed by atoms with Crippen molar-refractivity contribution in [3.63, 3.8) is 0 Å². The van der Waals surface area contributed by atoms with Crippen LogP contribution in [0.4, 0.5) is 13.2 Å². The standard InChI is InChI=1S/C21H20F3N3O2/c1-13-20(14(2)27(25-13)19-9-6-16(23)12-18(19)24)21(28)26(3)10-11-29-17-7-4-15(22)5-8-17/h4-9,12H,10-11H2,1-3H3. The SMILES string of the molecule is Cc1nn(-c2ccc(F)cc2F)c(C)c1C(=O)N(C)CCOc1ccc(F)cc1. The van der Waals surface area contributed by atoms with E-state index in [9.17, 15) is 18.0 Å². The highest BCUT2D eigenvalue weighted by Crippen LogP contribution is 2.22. The third-order valence-corrected chi connectivity index (χ3v) is 4.50. The minimum atomic E-state index is -0.768. The Balaban J connectivity index is 1.73. The quantitative estimate of drug-likeness (QED) is 0.624. The molecule has 0 radical (unpaired) electrons. The molecule has 5 nitrogen and oxygen atoms in total. The zero-order valence-corrected chi connectivity index (χ0v) is 16.2. The van der Waals surface area contributed by atoms with Gasteiger partial charge in [-0.05, 0) is 50.2 Å². The van der Waals surface area contributed by atoms with E-state index in [0.29, 0.717) is 22.7 Å². The molecular weight excluding hydrogens is 383 g/mol. The summed E-state index contributed by atoms with van der Waals surface area (Å²) >= 11 is 0. The fourth-order valence-electron chi connectivity index (χ4n) is 2.96. The first-order chi connectivity index (χ1) is 13.8. The van der Waals surface area contributed by atoms with E-state index in [-0.39, 0.29) is 30.6 Å². The maximum Gasteiger partial charge on any atom is 0.257 e. The molecule has 0 N–H and O–H groups in total. The van der Waals surface area contributed by atoms with E-state index in [0.717, 1.165) is 12.1 Å². The second kappa shape index (κ2) is 8.38. The lowest BCUT2D eigenvalue weighted by Gasteiger charge is -2.18. The predicted molar refractivity (Wildman–Crippen MR) is 102 cm³/mol. The van der Waals surface area contributed by atoms with Gasteiger partial charge in [-0.3, -0.25) is 4.79 Å². The van der Waals surface area contributed by atoms with Gasteiger partial charge in [0.2, 0.25) is 0 Å². The van der Waals surface area contributed by atoms with Crippen LogP contribution in [0, 0.1) is 31.3 Å². The molecule has 0 spiro atoms. The lowest BCUT2D eigenvalue weighted by molar-refractivity contribution is 0.0772. The van der Waals surface area contributed by atoms with Crippen LogP contribution in [0.15, 0.2) is 42.5 Å². The van der Waals surface area contributed by atoms with Gasteiger partial charge in [0.25, 0.3) is 5.91 Å². The monoisotopic (exact) mass is 403 g/mol. The number of carbonyl (C=O) groups is 1. The topological polar surface area (TPSA) is 47.4 Å². The van der Waals surface area contributed by atoms with E-state index >= 15 is 0 Å². The van der Waals surface area contributed by atoms with E-state index in [2.05, 4.69) is 5.10 Å². The first kappa shape index (κ1) is 20.4. The summed E-state index contributed by atoms with van der Waals surface area (Å²) in [6.07, 6.45) is 0. The molecule has 3 aromatic rings. The summed E-state index contributed by atoms with van der Waals surface area (Å²) in [6, 6.07) is 8.78. The van der Waals surface area contributed by atoms with Crippen LogP contribution in [0.3, 0.4) is 0 Å². The van der Waals surface area contributed by atoms with Crippen LogP contribution < -0.4 is 4.74 Å². The molecule has 1 heterocycles. The number of benzene rings is 2. The van der Waals surface area contributed by atoms with Gasteiger partial charge < -0.3 is 9.64 Å². The number of aryl methyl sites for hydroxylation is 1. The van der Waals surface area contributed by atoms with Gasteiger partial charge in [0.15, 0.2) is 5.82 Å². The molecule has 0 saturated heterocycles. The molecule has 0 saturated carbocycles. The molecule has 29 heavy (non-hydrogen) atoms. The Bertz CT molecular complexity index is 1030. The molecule has 8 heteroatoms. The molecule has 152 valence electrons. The Hall–Kier alpha value is -3.29. The minimum absolute atomic E-state index is 0.0633. The van der Waals surface area contributed by atoms with Crippen LogP contribution in [-0.4, -0.2) is 40.8 Å². The van der Waals surface area contributed by atoms with Gasteiger partial charge in [0, 0.05) is 13.1 Å². The Morgan fingerprint density at radius 1 is 1.07 bits per heavy atom. The summed E-state index contributed by atoms with van der Waals surface area (Å²) in [5.41, 5.74) is 1.29. The number of carbonyl (C=O) groups excluding carboxylic acids is 1. The largest absolute Gasteiger partial charge is 0.492 e. The number of rotatable bonds is 6. The van der Waals surface area contributed by atoms with Crippen molar-refractivity contribution >= 4 is 5.91 Å². The third kappa shape index (κ3) is 4.42. The van der Waals surface area contributed by atoms with Crippen molar-refractivity contribution in [1.29, 1.82) is 0 Å². The van der Waals surface area contributed by atoms with E-state index in [4.69, 9.17) is 4.74 Å². The fourth-order valence-corrected chi connectivity index (χ4v) is 2.96. The van der Waals surface area contributed by atoms with Gasteiger partial charge in [0.1, 0.15) is 29.7 Å². The zero-order valence-electron chi connectivity index (χ0n) is 16.2. The first-order valence-electron chi connectivity index (χ1n) is 8.93. The van der Waals surface area contributed by atoms with Crippen molar-refractivity contribution in [2.75, 3.05) is 20.2 Å². The van der Waals surface area contributed by atoms with Gasteiger partial charge in [-0.15, -0.1) is 0 Å². The van der Waals surface area contributed by atoms with E-state index in [1.807, 2.05) is 0 Å². The molecule has 0 aliphatic heterocycles. The van der Waals surface area contributed by atoms with Gasteiger partial charge >= 0.3 is 0 Å². The molecule has 3 rings (SSSR count). The Morgan fingerprint density at radius 2 is 1.72 bits per heavy atom. The molecule has 0 unspecified atom stereocenters. The summed E-state index contributed by atoms with van der Waals surface area (Å²) < 4.78 is 47.0. The van der Waals surface area contributed by atoms with Crippen molar-refractivity contribution in [1.82, 2.24) is 14.7 Å². The Kier molecular flexibility index (Phi) is 5.91. The van der Waals surface area contributed by atoms with Crippen molar-refractivity contribution in [2.45, 2.75) is 13.8 Å². The third-order valence-electron chi connectivity index (χ3n) is 4.50. The average molecular weight is 403 g/mol. The number of nitrogens with zero attached hydrogens (tertiary/aromatic N) is 3.